The van der Waals surface area contributed by atoms with Gasteiger partial charge < -0.3 is 5.32 Å². The number of benzene rings is 2. The van der Waals surface area contributed by atoms with E-state index in [1.54, 1.807) is 18.2 Å². The van der Waals surface area contributed by atoms with Gasteiger partial charge in [-0.3, -0.25) is 0 Å². The van der Waals surface area contributed by atoms with Gasteiger partial charge in [0.2, 0.25) is 0 Å². The summed E-state index contributed by atoms with van der Waals surface area (Å²) in [6.07, 6.45) is 0. The van der Waals surface area contributed by atoms with Crippen molar-refractivity contribution in [2.45, 2.75) is 13.1 Å². The zero-order valence-electron chi connectivity index (χ0n) is 10.5. The third kappa shape index (κ3) is 3.53. The Kier molecular flexibility index (Phi) is 4.67. The van der Waals surface area contributed by atoms with Crippen molar-refractivity contribution in [1.29, 1.82) is 5.26 Å². The first-order valence-electron chi connectivity index (χ1n) is 5.93. The van der Waals surface area contributed by atoms with Crippen molar-refractivity contribution in [3.63, 3.8) is 0 Å². The highest BCUT2D eigenvalue weighted by Crippen LogP contribution is 2.17. The molecule has 0 unspecified atom stereocenters. The van der Waals surface area contributed by atoms with Crippen LogP contribution in [0.1, 0.15) is 16.7 Å². The van der Waals surface area contributed by atoms with Crippen molar-refractivity contribution in [2.75, 3.05) is 0 Å². The number of nitrogens with zero attached hydrogens (tertiary/aromatic N) is 1. The first kappa shape index (κ1) is 14.4. The molecule has 0 saturated carbocycles. The minimum atomic E-state index is -0.596. The number of hydrogen-bond donors (Lipinski definition) is 1. The second-order valence-corrected chi connectivity index (χ2v) is 4.66. The Morgan fingerprint density at radius 1 is 1.05 bits per heavy atom. The number of nitriles is 1. The van der Waals surface area contributed by atoms with Crippen LogP contribution in [0, 0.1) is 23.0 Å². The van der Waals surface area contributed by atoms with Crippen molar-refractivity contribution in [2.24, 2.45) is 0 Å². The second-order valence-electron chi connectivity index (χ2n) is 4.26. The molecule has 0 aromatic heterocycles. The zero-order chi connectivity index (χ0) is 14.5. The summed E-state index contributed by atoms with van der Waals surface area (Å²) in [5.41, 5.74) is 1.69. The quantitative estimate of drug-likeness (QED) is 0.931. The molecule has 2 aromatic carbocycles. The van der Waals surface area contributed by atoms with E-state index in [1.165, 1.54) is 12.1 Å². The van der Waals surface area contributed by atoms with Gasteiger partial charge in [-0.05, 0) is 23.8 Å². The van der Waals surface area contributed by atoms with Crippen LogP contribution in [0.2, 0.25) is 5.02 Å². The average molecular weight is 293 g/mol. The molecule has 1 N–H and O–H groups in total. The SMILES string of the molecule is N#Cc1ccc(CNCc2ccc(F)cc2F)c(Cl)c1. The fraction of sp³-hybridized carbons (Fsp3) is 0.133. The molecule has 0 bridgehead atoms. The highest BCUT2D eigenvalue weighted by molar-refractivity contribution is 6.31. The molecule has 0 aliphatic heterocycles. The molecule has 5 heteroatoms. The Morgan fingerprint density at radius 2 is 1.75 bits per heavy atom. The van der Waals surface area contributed by atoms with Crippen LogP contribution in [0.4, 0.5) is 8.78 Å². The van der Waals surface area contributed by atoms with Crippen LogP contribution in [-0.2, 0) is 13.1 Å². The van der Waals surface area contributed by atoms with Gasteiger partial charge in [-0.25, -0.2) is 8.78 Å². The van der Waals surface area contributed by atoms with Gasteiger partial charge in [0.05, 0.1) is 11.6 Å². The first-order chi connectivity index (χ1) is 9.60. The van der Waals surface area contributed by atoms with Gasteiger partial charge in [0.15, 0.2) is 0 Å². The Bertz CT molecular complexity index is 665. The standard InChI is InChI=1S/C15H11ClF2N2/c16-14-5-10(7-19)1-2-11(14)8-20-9-12-3-4-13(17)6-15(12)18/h1-6,20H,8-9H2. The summed E-state index contributed by atoms with van der Waals surface area (Å²) in [5.74, 6) is -1.18. The van der Waals surface area contributed by atoms with E-state index in [4.69, 9.17) is 16.9 Å². The Hall–Kier alpha value is -1.96. The molecule has 0 aliphatic rings. The monoisotopic (exact) mass is 292 g/mol. The van der Waals surface area contributed by atoms with E-state index in [0.717, 1.165) is 11.6 Å². The minimum Gasteiger partial charge on any atom is -0.308 e. The van der Waals surface area contributed by atoms with E-state index in [0.29, 0.717) is 22.7 Å². The molecule has 2 aromatic rings. The van der Waals surface area contributed by atoms with Crippen LogP contribution in [0.25, 0.3) is 0 Å². The molecule has 0 atom stereocenters. The predicted molar refractivity (Wildman–Crippen MR) is 73.1 cm³/mol. The van der Waals surface area contributed by atoms with Crippen LogP contribution < -0.4 is 5.32 Å². The molecule has 0 saturated heterocycles. The van der Waals surface area contributed by atoms with Crippen molar-refractivity contribution < 1.29 is 8.78 Å². The summed E-state index contributed by atoms with van der Waals surface area (Å²) in [5, 5.41) is 12.2. The van der Waals surface area contributed by atoms with Crippen LogP contribution in [0.15, 0.2) is 36.4 Å². The van der Waals surface area contributed by atoms with Crippen LogP contribution in [0.5, 0.6) is 0 Å². The number of halogens is 3. The smallest absolute Gasteiger partial charge is 0.130 e. The Labute approximate surface area is 120 Å². The van der Waals surface area contributed by atoms with Crippen molar-refractivity contribution in [3.8, 4) is 6.07 Å². The van der Waals surface area contributed by atoms with Gasteiger partial charge in [-0.1, -0.05) is 23.7 Å². The third-order valence-corrected chi connectivity index (χ3v) is 3.18. The number of nitrogens with one attached hydrogen (secondary N) is 1. The lowest BCUT2D eigenvalue weighted by molar-refractivity contribution is 0.560. The molecule has 20 heavy (non-hydrogen) atoms. The van der Waals surface area contributed by atoms with E-state index < -0.39 is 11.6 Å². The van der Waals surface area contributed by atoms with Gasteiger partial charge in [0, 0.05) is 29.7 Å². The van der Waals surface area contributed by atoms with Crippen LogP contribution in [-0.4, -0.2) is 0 Å². The molecule has 0 heterocycles. The highest BCUT2D eigenvalue weighted by Gasteiger charge is 2.05. The van der Waals surface area contributed by atoms with Crippen molar-refractivity contribution in [1.82, 2.24) is 5.32 Å². The molecule has 0 aliphatic carbocycles. The summed E-state index contributed by atoms with van der Waals surface area (Å²) in [4.78, 5) is 0. The van der Waals surface area contributed by atoms with Crippen LogP contribution in [0.3, 0.4) is 0 Å². The van der Waals surface area contributed by atoms with Gasteiger partial charge in [-0.15, -0.1) is 0 Å². The van der Waals surface area contributed by atoms with Crippen molar-refractivity contribution >= 4 is 11.6 Å². The van der Waals surface area contributed by atoms with Crippen LogP contribution >= 0.6 is 11.6 Å². The molecule has 2 nitrogen and oxygen atoms in total. The second kappa shape index (κ2) is 6.47. The molecule has 0 radical (unpaired) electrons. The van der Waals surface area contributed by atoms with Gasteiger partial charge in [-0.2, -0.15) is 5.26 Å². The maximum atomic E-state index is 13.4. The molecule has 2 rings (SSSR count). The van der Waals surface area contributed by atoms with Gasteiger partial charge in [0.25, 0.3) is 0 Å². The molecule has 0 spiro atoms. The van der Waals surface area contributed by atoms with E-state index in [9.17, 15) is 8.78 Å². The maximum Gasteiger partial charge on any atom is 0.130 e. The van der Waals surface area contributed by atoms with Gasteiger partial charge in [0.1, 0.15) is 11.6 Å². The summed E-state index contributed by atoms with van der Waals surface area (Å²) in [6.45, 7) is 0.698. The van der Waals surface area contributed by atoms with E-state index in [1.807, 2.05) is 6.07 Å². The topological polar surface area (TPSA) is 35.8 Å². The lowest BCUT2D eigenvalue weighted by Crippen LogP contribution is -2.14. The lowest BCUT2D eigenvalue weighted by atomic mass is 10.1. The molecule has 0 fully saturated rings. The fourth-order valence-electron chi connectivity index (χ4n) is 1.76. The Balaban J connectivity index is 1.98. The Morgan fingerprint density at radius 3 is 2.40 bits per heavy atom. The lowest BCUT2D eigenvalue weighted by Gasteiger charge is -2.08. The third-order valence-electron chi connectivity index (χ3n) is 2.83. The largest absolute Gasteiger partial charge is 0.308 e. The van der Waals surface area contributed by atoms with Crippen molar-refractivity contribution in [3.05, 3.63) is 69.7 Å². The fourth-order valence-corrected chi connectivity index (χ4v) is 2.00. The average Bonchev–Trinajstić information content (AvgIpc) is 2.42. The normalized spacial score (nSPS) is 10.3. The first-order valence-corrected chi connectivity index (χ1v) is 6.31. The summed E-state index contributed by atoms with van der Waals surface area (Å²) < 4.78 is 26.2. The maximum absolute atomic E-state index is 13.4. The summed E-state index contributed by atoms with van der Waals surface area (Å²) in [6, 6.07) is 10.5. The van der Waals surface area contributed by atoms with E-state index >= 15 is 0 Å². The number of hydrogen-bond acceptors (Lipinski definition) is 2. The zero-order valence-corrected chi connectivity index (χ0v) is 11.2. The summed E-state index contributed by atoms with van der Waals surface area (Å²) in [7, 11) is 0. The predicted octanol–water partition coefficient (Wildman–Crippen LogP) is 3.78. The minimum absolute atomic E-state index is 0.266. The van der Waals surface area contributed by atoms with Gasteiger partial charge >= 0.3 is 0 Å². The molecular weight excluding hydrogens is 282 g/mol. The molecular formula is C15H11ClF2N2. The molecule has 102 valence electrons. The van der Waals surface area contributed by atoms with E-state index in [-0.39, 0.29) is 6.54 Å². The molecule has 0 amide bonds. The van der Waals surface area contributed by atoms with E-state index in [2.05, 4.69) is 5.32 Å². The highest BCUT2D eigenvalue weighted by atomic mass is 35.5. The summed E-state index contributed by atoms with van der Waals surface area (Å²) >= 11 is 6.03. The number of rotatable bonds is 4.